The van der Waals surface area contributed by atoms with Crippen LogP contribution in [-0.4, -0.2) is 44.2 Å². The van der Waals surface area contributed by atoms with Crippen molar-refractivity contribution in [3.8, 4) is 5.75 Å². The van der Waals surface area contributed by atoms with Crippen LogP contribution in [0.4, 0.5) is 10.5 Å². The molecule has 1 atom stereocenters. The van der Waals surface area contributed by atoms with Crippen molar-refractivity contribution in [1.29, 1.82) is 0 Å². The molecular weight excluding hydrogens is 230 g/mol. The number of anilines is 1. The molecule has 1 heterocycles. The van der Waals surface area contributed by atoms with E-state index in [1.165, 1.54) is 0 Å². The van der Waals surface area contributed by atoms with Gasteiger partial charge in [0.1, 0.15) is 5.75 Å². The van der Waals surface area contributed by atoms with Crippen molar-refractivity contribution < 1.29 is 9.53 Å². The number of benzene rings is 1. The fraction of sp³-hybridized carbons (Fsp3) is 0.462. The summed E-state index contributed by atoms with van der Waals surface area (Å²) in [6.07, 6.45) is 1.01. The number of carbonyl (C=O) groups excluding carboxylic acids is 1. The van der Waals surface area contributed by atoms with Crippen LogP contribution in [0.5, 0.6) is 5.75 Å². The summed E-state index contributed by atoms with van der Waals surface area (Å²) in [4.78, 5) is 13.8. The number of nitrogens with one attached hydrogen (secondary N) is 2. The van der Waals surface area contributed by atoms with Crippen molar-refractivity contribution in [2.24, 2.45) is 0 Å². The SMILES string of the molecule is CN[C@@H]1CCN(C(=O)Nc2ccc(OC)cc2)C1. The zero-order valence-corrected chi connectivity index (χ0v) is 10.8. The van der Waals surface area contributed by atoms with Crippen LogP contribution in [0.1, 0.15) is 6.42 Å². The van der Waals surface area contributed by atoms with Crippen molar-refractivity contribution in [1.82, 2.24) is 10.2 Å². The lowest BCUT2D eigenvalue weighted by Crippen LogP contribution is -2.36. The summed E-state index contributed by atoms with van der Waals surface area (Å²) < 4.78 is 5.07. The predicted octanol–water partition coefficient (Wildman–Crippen LogP) is 1.52. The average Bonchev–Trinajstić information content (AvgIpc) is 2.88. The molecule has 5 heteroatoms. The summed E-state index contributed by atoms with van der Waals surface area (Å²) in [7, 11) is 3.55. The predicted molar refractivity (Wildman–Crippen MR) is 71.1 cm³/mol. The van der Waals surface area contributed by atoms with Crippen molar-refractivity contribution in [3.05, 3.63) is 24.3 Å². The molecule has 1 aromatic carbocycles. The first-order chi connectivity index (χ1) is 8.72. The van der Waals surface area contributed by atoms with Crippen molar-refractivity contribution in [3.63, 3.8) is 0 Å². The molecule has 1 aliphatic rings. The van der Waals surface area contributed by atoms with Crippen molar-refractivity contribution in [2.45, 2.75) is 12.5 Å². The Morgan fingerprint density at radius 2 is 2.11 bits per heavy atom. The smallest absolute Gasteiger partial charge is 0.321 e. The van der Waals surface area contributed by atoms with E-state index in [2.05, 4.69) is 10.6 Å². The molecule has 2 amide bonds. The van der Waals surface area contributed by atoms with Gasteiger partial charge < -0.3 is 20.3 Å². The molecule has 0 aliphatic carbocycles. The molecule has 1 fully saturated rings. The molecule has 0 unspecified atom stereocenters. The van der Waals surface area contributed by atoms with Gasteiger partial charge in [-0.3, -0.25) is 0 Å². The highest BCUT2D eigenvalue weighted by atomic mass is 16.5. The van der Waals surface area contributed by atoms with Crippen LogP contribution >= 0.6 is 0 Å². The van der Waals surface area contributed by atoms with E-state index in [1.807, 2.05) is 36.2 Å². The van der Waals surface area contributed by atoms with E-state index in [0.29, 0.717) is 6.04 Å². The minimum absolute atomic E-state index is 0.0436. The highest BCUT2D eigenvalue weighted by Gasteiger charge is 2.24. The van der Waals surface area contributed by atoms with Crippen LogP contribution in [0, 0.1) is 0 Å². The van der Waals surface area contributed by atoms with Gasteiger partial charge in [0.2, 0.25) is 0 Å². The third-order valence-electron chi connectivity index (χ3n) is 3.23. The van der Waals surface area contributed by atoms with Crippen molar-refractivity contribution >= 4 is 11.7 Å². The normalized spacial score (nSPS) is 18.8. The lowest BCUT2D eigenvalue weighted by atomic mass is 10.3. The molecule has 2 rings (SSSR count). The van der Waals surface area contributed by atoms with E-state index in [1.54, 1.807) is 7.11 Å². The topological polar surface area (TPSA) is 53.6 Å². The maximum absolute atomic E-state index is 12.0. The second kappa shape index (κ2) is 5.73. The average molecular weight is 249 g/mol. The molecule has 0 radical (unpaired) electrons. The second-order valence-electron chi connectivity index (χ2n) is 4.38. The molecule has 0 spiro atoms. The van der Waals surface area contributed by atoms with Crippen LogP contribution < -0.4 is 15.4 Å². The first-order valence-corrected chi connectivity index (χ1v) is 6.10. The number of hydrogen-bond acceptors (Lipinski definition) is 3. The molecular formula is C13H19N3O2. The second-order valence-corrected chi connectivity index (χ2v) is 4.38. The van der Waals surface area contributed by atoms with Gasteiger partial charge in [-0.05, 0) is 37.7 Å². The van der Waals surface area contributed by atoms with Crippen LogP contribution in [0.2, 0.25) is 0 Å². The zero-order chi connectivity index (χ0) is 13.0. The number of carbonyl (C=O) groups is 1. The van der Waals surface area contributed by atoms with Crippen molar-refractivity contribution in [2.75, 3.05) is 32.6 Å². The third kappa shape index (κ3) is 2.92. The molecule has 5 nitrogen and oxygen atoms in total. The Kier molecular flexibility index (Phi) is 4.04. The van der Waals surface area contributed by atoms with Crippen LogP contribution in [0.3, 0.4) is 0 Å². The van der Waals surface area contributed by atoms with Gasteiger partial charge in [-0.25, -0.2) is 4.79 Å². The quantitative estimate of drug-likeness (QED) is 0.854. The molecule has 0 aromatic heterocycles. The third-order valence-corrected chi connectivity index (χ3v) is 3.23. The minimum atomic E-state index is -0.0436. The van der Waals surface area contributed by atoms with Gasteiger partial charge in [-0.2, -0.15) is 0 Å². The monoisotopic (exact) mass is 249 g/mol. The lowest BCUT2D eigenvalue weighted by Gasteiger charge is -2.17. The number of amides is 2. The summed E-state index contributed by atoms with van der Waals surface area (Å²) in [6.45, 7) is 1.56. The minimum Gasteiger partial charge on any atom is -0.497 e. The molecule has 1 aliphatic heterocycles. The van der Waals surface area contributed by atoms with E-state index in [4.69, 9.17) is 4.74 Å². The lowest BCUT2D eigenvalue weighted by molar-refractivity contribution is 0.221. The van der Waals surface area contributed by atoms with E-state index in [9.17, 15) is 4.79 Å². The maximum Gasteiger partial charge on any atom is 0.321 e. The Balaban J connectivity index is 1.90. The molecule has 98 valence electrons. The van der Waals surface area contributed by atoms with Crippen LogP contribution in [0.25, 0.3) is 0 Å². The Hall–Kier alpha value is -1.75. The van der Waals surface area contributed by atoms with Gasteiger partial charge in [-0.1, -0.05) is 0 Å². The number of nitrogens with zero attached hydrogens (tertiary/aromatic N) is 1. The fourth-order valence-electron chi connectivity index (χ4n) is 2.06. The summed E-state index contributed by atoms with van der Waals surface area (Å²) in [6, 6.07) is 7.70. The molecule has 1 aromatic rings. The Labute approximate surface area is 107 Å². The molecule has 18 heavy (non-hydrogen) atoms. The largest absolute Gasteiger partial charge is 0.497 e. The van der Waals surface area contributed by atoms with Gasteiger partial charge in [0.05, 0.1) is 7.11 Å². The fourth-order valence-corrected chi connectivity index (χ4v) is 2.06. The van der Waals surface area contributed by atoms with Gasteiger partial charge in [0, 0.05) is 24.8 Å². The summed E-state index contributed by atoms with van der Waals surface area (Å²) in [5.74, 6) is 0.782. The zero-order valence-electron chi connectivity index (χ0n) is 10.8. The Morgan fingerprint density at radius 1 is 1.39 bits per heavy atom. The van der Waals surface area contributed by atoms with Crippen LogP contribution in [0.15, 0.2) is 24.3 Å². The van der Waals surface area contributed by atoms with E-state index in [0.717, 1.165) is 30.9 Å². The number of methoxy groups -OCH3 is 1. The maximum atomic E-state index is 12.0. The van der Waals surface area contributed by atoms with Gasteiger partial charge in [0.25, 0.3) is 0 Å². The Morgan fingerprint density at radius 3 is 2.67 bits per heavy atom. The highest BCUT2D eigenvalue weighted by molar-refractivity contribution is 5.89. The van der Waals surface area contributed by atoms with Gasteiger partial charge in [-0.15, -0.1) is 0 Å². The number of urea groups is 1. The highest BCUT2D eigenvalue weighted by Crippen LogP contribution is 2.16. The standard InChI is InChI=1S/C13H19N3O2/c1-14-11-7-8-16(9-11)13(17)15-10-3-5-12(18-2)6-4-10/h3-6,11,14H,7-9H2,1-2H3,(H,15,17)/t11-/m1/s1. The van der Waals surface area contributed by atoms with E-state index >= 15 is 0 Å². The van der Waals surface area contributed by atoms with Crippen LogP contribution in [-0.2, 0) is 0 Å². The first kappa shape index (κ1) is 12.7. The Bertz CT molecular complexity index is 405. The van der Waals surface area contributed by atoms with Gasteiger partial charge in [0.15, 0.2) is 0 Å². The summed E-state index contributed by atoms with van der Waals surface area (Å²) >= 11 is 0. The van der Waals surface area contributed by atoms with Gasteiger partial charge >= 0.3 is 6.03 Å². The molecule has 2 N–H and O–H groups in total. The molecule has 0 saturated carbocycles. The molecule has 1 saturated heterocycles. The summed E-state index contributed by atoms with van der Waals surface area (Å²) in [5.41, 5.74) is 0.786. The number of likely N-dealkylation sites (N-methyl/N-ethyl adjacent to an activating group) is 1. The summed E-state index contributed by atoms with van der Waals surface area (Å²) in [5, 5.41) is 6.07. The number of likely N-dealkylation sites (tertiary alicyclic amines) is 1. The number of rotatable bonds is 3. The number of hydrogen-bond donors (Lipinski definition) is 2. The number of ether oxygens (including phenoxy) is 1. The first-order valence-electron chi connectivity index (χ1n) is 6.10. The van der Waals surface area contributed by atoms with E-state index < -0.39 is 0 Å². The van der Waals surface area contributed by atoms with E-state index in [-0.39, 0.29) is 6.03 Å². The molecule has 0 bridgehead atoms.